The van der Waals surface area contributed by atoms with E-state index in [-0.39, 0.29) is 0 Å². The van der Waals surface area contributed by atoms with E-state index >= 15 is 0 Å². The second-order valence-corrected chi connectivity index (χ2v) is 4.51. The van der Waals surface area contributed by atoms with Gasteiger partial charge in [0.1, 0.15) is 0 Å². The Morgan fingerprint density at radius 1 is 1.41 bits per heavy atom. The third kappa shape index (κ3) is 3.47. The Morgan fingerprint density at radius 3 is 2.65 bits per heavy atom. The standard InChI is InChI=1S/C16H21N/c1-6-14-10-8-9-13(3)16(14)15(7-2)11-12-17(4)5/h1,7-10H,11-12H2,2-5H3/b15-7-. The molecule has 0 saturated carbocycles. The van der Waals surface area contributed by atoms with Crippen molar-refractivity contribution < 1.29 is 0 Å². The molecule has 90 valence electrons. The first-order valence-electron chi connectivity index (χ1n) is 5.96. The summed E-state index contributed by atoms with van der Waals surface area (Å²) in [6.45, 7) is 5.24. The van der Waals surface area contributed by atoms with Crippen LogP contribution in [0.3, 0.4) is 0 Å². The van der Waals surface area contributed by atoms with Crippen molar-refractivity contribution in [2.24, 2.45) is 0 Å². The maximum atomic E-state index is 5.58. The molecule has 0 unspecified atom stereocenters. The molecule has 0 spiro atoms. The van der Waals surface area contributed by atoms with Crippen LogP contribution in [0, 0.1) is 19.3 Å². The van der Waals surface area contributed by atoms with Crippen molar-refractivity contribution in [3.8, 4) is 12.3 Å². The molecular formula is C16H21N. The summed E-state index contributed by atoms with van der Waals surface area (Å²) in [6.07, 6.45) is 8.78. The summed E-state index contributed by atoms with van der Waals surface area (Å²) in [5, 5.41) is 0. The fraction of sp³-hybridized carbons (Fsp3) is 0.375. The minimum atomic E-state index is 0.997. The van der Waals surface area contributed by atoms with Crippen LogP contribution in [0.4, 0.5) is 0 Å². The highest BCUT2D eigenvalue weighted by atomic mass is 15.0. The first-order chi connectivity index (χ1) is 8.10. The first kappa shape index (κ1) is 13.5. The average Bonchev–Trinajstić information content (AvgIpc) is 2.31. The fourth-order valence-electron chi connectivity index (χ4n) is 1.97. The summed E-state index contributed by atoms with van der Waals surface area (Å²) in [5.74, 6) is 2.78. The van der Waals surface area contributed by atoms with E-state index in [1.165, 1.54) is 16.7 Å². The molecule has 0 aliphatic rings. The number of benzene rings is 1. The fourth-order valence-corrected chi connectivity index (χ4v) is 1.97. The van der Waals surface area contributed by atoms with Gasteiger partial charge in [-0.25, -0.2) is 0 Å². The van der Waals surface area contributed by atoms with Crippen molar-refractivity contribution in [3.63, 3.8) is 0 Å². The van der Waals surface area contributed by atoms with E-state index in [0.717, 1.165) is 18.5 Å². The van der Waals surface area contributed by atoms with Gasteiger partial charge in [-0.15, -0.1) is 6.42 Å². The van der Waals surface area contributed by atoms with Gasteiger partial charge in [0, 0.05) is 12.1 Å². The lowest BCUT2D eigenvalue weighted by Crippen LogP contribution is -2.13. The molecule has 0 fully saturated rings. The molecule has 0 atom stereocenters. The van der Waals surface area contributed by atoms with Gasteiger partial charge in [0.25, 0.3) is 0 Å². The Hall–Kier alpha value is -1.52. The minimum Gasteiger partial charge on any atom is -0.309 e. The van der Waals surface area contributed by atoms with Gasteiger partial charge in [-0.05, 0) is 57.1 Å². The molecule has 1 nitrogen and oxygen atoms in total. The van der Waals surface area contributed by atoms with Crippen molar-refractivity contribution in [3.05, 3.63) is 41.0 Å². The highest BCUT2D eigenvalue weighted by molar-refractivity contribution is 5.73. The predicted molar refractivity (Wildman–Crippen MR) is 75.9 cm³/mol. The molecular weight excluding hydrogens is 206 g/mol. The molecule has 1 heteroatoms. The zero-order valence-electron chi connectivity index (χ0n) is 11.2. The molecule has 0 N–H and O–H groups in total. The van der Waals surface area contributed by atoms with Crippen molar-refractivity contribution in [1.29, 1.82) is 0 Å². The number of nitrogens with zero attached hydrogens (tertiary/aromatic N) is 1. The Bertz CT molecular complexity index is 447. The van der Waals surface area contributed by atoms with E-state index in [2.05, 4.69) is 50.9 Å². The molecule has 0 aliphatic carbocycles. The van der Waals surface area contributed by atoms with Gasteiger partial charge in [-0.3, -0.25) is 0 Å². The van der Waals surface area contributed by atoms with E-state index in [0.29, 0.717) is 0 Å². The Labute approximate surface area is 105 Å². The predicted octanol–water partition coefficient (Wildman–Crippen LogP) is 3.33. The maximum Gasteiger partial charge on any atom is 0.0320 e. The number of terminal acetylenes is 1. The van der Waals surface area contributed by atoms with Crippen LogP contribution in [0.25, 0.3) is 5.57 Å². The van der Waals surface area contributed by atoms with Gasteiger partial charge in [0.2, 0.25) is 0 Å². The van der Waals surface area contributed by atoms with Crippen LogP contribution >= 0.6 is 0 Å². The van der Waals surface area contributed by atoms with Crippen molar-refractivity contribution in [2.45, 2.75) is 20.3 Å². The molecule has 1 aromatic rings. The van der Waals surface area contributed by atoms with Gasteiger partial charge in [0.15, 0.2) is 0 Å². The van der Waals surface area contributed by atoms with Crippen LogP contribution in [-0.2, 0) is 0 Å². The lowest BCUT2D eigenvalue weighted by Gasteiger charge is -2.15. The van der Waals surface area contributed by atoms with Crippen molar-refractivity contribution in [2.75, 3.05) is 20.6 Å². The largest absolute Gasteiger partial charge is 0.309 e. The number of hydrogen-bond donors (Lipinski definition) is 0. The number of rotatable bonds is 4. The zero-order chi connectivity index (χ0) is 12.8. The monoisotopic (exact) mass is 227 g/mol. The van der Waals surface area contributed by atoms with Crippen LogP contribution < -0.4 is 0 Å². The quantitative estimate of drug-likeness (QED) is 0.713. The second kappa shape index (κ2) is 6.27. The van der Waals surface area contributed by atoms with Gasteiger partial charge in [-0.2, -0.15) is 0 Å². The number of aryl methyl sites for hydroxylation is 1. The van der Waals surface area contributed by atoms with Crippen molar-refractivity contribution in [1.82, 2.24) is 4.90 Å². The lowest BCUT2D eigenvalue weighted by atomic mass is 9.93. The molecule has 1 aromatic carbocycles. The Morgan fingerprint density at radius 2 is 2.12 bits per heavy atom. The molecule has 0 aliphatic heterocycles. The van der Waals surface area contributed by atoms with E-state index in [9.17, 15) is 0 Å². The van der Waals surface area contributed by atoms with Crippen LogP contribution in [0.5, 0.6) is 0 Å². The Kier molecular flexibility index (Phi) is 5.00. The molecule has 0 radical (unpaired) electrons. The number of hydrogen-bond acceptors (Lipinski definition) is 1. The number of allylic oxidation sites excluding steroid dienone is 1. The van der Waals surface area contributed by atoms with Gasteiger partial charge >= 0.3 is 0 Å². The topological polar surface area (TPSA) is 3.24 Å². The molecule has 0 saturated heterocycles. The summed E-state index contributed by atoms with van der Waals surface area (Å²) >= 11 is 0. The Balaban J connectivity index is 3.09. The van der Waals surface area contributed by atoms with E-state index in [1.807, 2.05) is 12.1 Å². The summed E-state index contributed by atoms with van der Waals surface area (Å²) in [4.78, 5) is 2.19. The lowest BCUT2D eigenvalue weighted by molar-refractivity contribution is 0.419. The molecule has 0 heterocycles. The maximum absolute atomic E-state index is 5.58. The zero-order valence-corrected chi connectivity index (χ0v) is 11.2. The molecule has 1 rings (SSSR count). The van der Waals surface area contributed by atoms with Crippen LogP contribution in [0.2, 0.25) is 0 Å². The van der Waals surface area contributed by atoms with Crippen LogP contribution in [0.1, 0.15) is 30.0 Å². The summed E-state index contributed by atoms with van der Waals surface area (Å²) in [7, 11) is 4.18. The SMILES string of the molecule is C#Cc1cccc(C)c1/C(=C\C)CCN(C)C. The van der Waals surface area contributed by atoms with E-state index in [4.69, 9.17) is 6.42 Å². The van der Waals surface area contributed by atoms with Crippen molar-refractivity contribution >= 4 is 5.57 Å². The smallest absolute Gasteiger partial charge is 0.0320 e. The van der Waals surface area contributed by atoms with Gasteiger partial charge in [0.05, 0.1) is 0 Å². The highest BCUT2D eigenvalue weighted by Gasteiger charge is 2.09. The summed E-state index contributed by atoms with van der Waals surface area (Å²) < 4.78 is 0. The molecule has 17 heavy (non-hydrogen) atoms. The molecule has 0 amide bonds. The van der Waals surface area contributed by atoms with E-state index < -0.39 is 0 Å². The average molecular weight is 227 g/mol. The molecule has 0 bridgehead atoms. The molecule has 0 aromatic heterocycles. The third-order valence-electron chi connectivity index (χ3n) is 2.93. The summed E-state index contributed by atoms with van der Waals surface area (Å²) in [5.41, 5.74) is 4.83. The van der Waals surface area contributed by atoms with Gasteiger partial charge in [-0.1, -0.05) is 24.1 Å². The van der Waals surface area contributed by atoms with Crippen LogP contribution in [-0.4, -0.2) is 25.5 Å². The first-order valence-corrected chi connectivity index (χ1v) is 5.96. The van der Waals surface area contributed by atoms with Gasteiger partial charge < -0.3 is 4.90 Å². The third-order valence-corrected chi connectivity index (χ3v) is 2.93. The minimum absolute atomic E-state index is 0.997. The van der Waals surface area contributed by atoms with Crippen LogP contribution in [0.15, 0.2) is 24.3 Å². The highest BCUT2D eigenvalue weighted by Crippen LogP contribution is 2.25. The van der Waals surface area contributed by atoms with E-state index in [1.54, 1.807) is 0 Å². The summed E-state index contributed by atoms with van der Waals surface area (Å²) in [6, 6.07) is 6.16. The second-order valence-electron chi connectivity index (χ2n) is 4.51. The normalized spacial score (nSPS) is 11.6.